The summed E-state index contributed by atoms with van der Waals surface area (Å²) in [6, 6.07) is 5.29. The van der Waals surface area contributed by atoms with E-state index in [-0.39, 0.29) is 36.3 Å². The van der Waals surface area contributed by atoms with Gasteiger partial charge in [-0.05, 0) is 51.4 Å². The van der Waals surface area contributed by atoms with Gasteiger partial charge in [0, 0.05) is 31.1 Å². The molecule has 1 aliphatic heterocycles. The molecule has 2 rings (SSSR count). The molecule has 2 N–H and O–H groups in total. The van der Waals surface area contributed by atoms with Crippen molar-refractivity contribution in [3.63, 3.8) is 0 Å². The van der Waals surface area contributed by atoms with Crippen molar-refractivity contribution in [3.05, 3.63) is 28.8 Å². The Morgan fingerprint density at radius 3 is 2.71 bits per heavy atom. The van der Waals surface area contributed by atoms with Crippen LogP contribution in [0.3, 0.4) is 0 Å². The summed E-state index contributed by atoms with van der Waals surface area (Å²) in [5.74, 6) is -0.183. The highest BCUT2D eigenvalue weighted by atomic mass is 35.5. The summed E-state index contributed by atoms with van der Waals surface area (Å²) in [6.07, 6.45) is 2.53. The Hall–Kier alpha value is -1.30. The van der Waals surface area contributed by atoms with Crippen molar-refractivity contribution in [2.75, 3.05) is 18.9 Å². The maximum Gasteiger partial charge on any atom is 0.253 e. The van der Waals surface area contributed by atoms with Crippen LogP contribution in [-0.4, -0.2) is 42.4 Å². The van der Waals surface area contributed by atoms with Crippen molar-refractivity contribution in [1.29, 1.82) is 0 Å². The fourth-order valence-corrected chi connectivity index (χ4v) is 2.71. The number of carbonyl (C=O) groups excluding carboxylic acids is 2. The molecule has 0 saturated carbocycles. The maximum atomic E-state index is 12.4. The van der Waals surface area contributed by atoms with E-state index in [1.54, 1.807) is 30.1 Å². The standard InChI is InChI=1S/C17H24ClN3O2.ClH/c1-11(2)21(3)17(23)12-6-7-14(18)15(9-12)20-16(22)10-13-5-4-8-19-13;/h6-7,9,11,13,19H,4-5,8,10H2,1-3H3,(H,20,22);1H. The minimum Gasteiger partial charge on any atom is -0.339 e. The highest BCUT2D eigenvalue weighted by Crippen LogP contribution is 2.24. The lowest BCUT2D eigenvalue weighted by molar-refractivity contribution is -0.116. The van der Waals surface area contributed by atoms with Gasteiger partial charge >= 0.3 is 0 Å². The van der Waals surface area contributed by atoms with Gasteiger partial charge in [-0.25, -0.2) is 0 Å². The van der Waals surface area contributed by atoms with E-state index in [0.717, 1.165) is 19.4 Å². The number of halogens is 2. The smallest absolute Gasteiger partial charge is 0.253 e. The molecular weight excluding hydrogens is 349 g/mol. The van der Waals surface area contributed by atoms with Crippen molar-refractivity contribution in [3.8, 4) is 0 Å². The summed E-state index contributed by atoms with van der Waals surface area (Å²) in [5.41, 5.74) is 0.998. The molecule has 1 atom stereocenters. The van der Waals surface area contributed by atoms with E-state index in [1.165, 1.54) is 0 Å². The number of hydrogen-bond acceptors (Lipinski definition) is 3. The van der Waals surface area contributed by atoms with Gasteiger partial charge in [0.15, 0.2) is 0 Å². The van der Waals surface area contributed by atoms with E-state index >= 15 is 0 Å². The van der Waals surface area contributed by atoms with Gasteiger partial charge in [0.1, 0.15) is 0 Å². The zero-order chi connectivity index (χ0) is 17.0. The number of carbonyl (C=O) groups is 2. The van der Waals surface area contributed by atoms with Gasteiger partial charge in [0.25, 0.3) is 5.91 Å². The van der Waals surface area contributed by atoms with Crippen molar-refractivity contribution >= 4 is 41.5 Å². The van der Waals surface area contributed by atoms with Crippen LogP contribution < -0.4 is 10.6 Å². The normalized spacial score (nSPS) is 16.6. The molecule has 7 heteroatoms. The Morgan fingerprint density at radius 1 is 1.42 bits per heavy atom. The van der Waals surface area contributed by atoms with Gasteiger partial charge in [-0.2, -0.15) is 0 Å². The minimum atomic E-state index is -0.0929. The van der Waals surface area contributed by atoms with Crippen molar-refractivity contribution in [2.24, 2.45) is 0 Å². The summed E-state index contributed by atoms with van der Waals surface area (Å²) in [5, 5.41) is 6.54. The van der Waals surface area contributed by atoms with E-state index in [4.69, 9.17) is 11.6 Å². The molecule has 1 aliphatic rings. The Labute approximate surface area is 154 Å². The van der Waals surface area contributed by atoms with E-state index in [1.807, 2.05) is 13.8 Å². The van der Waals surface area contributed by atoms with E-state index < -0.39 is 0 Å². The van der Waals surface area contributed by atoms with E-state index in [9.17, 15) is 9.59 Å². The predicted octanol–water partition coefficient (Wildman–Crippen LogP) is 3.32. The Morgan fingerprint density at radius 2 is 2.12 bits per heavy atom. The fourth-order valence-electron chi connectivity index (χ4n) is 2.55. The summed E-state index contributed by atoms with van der Waals surface area (Å²) >= 11 is 6.15. The van der Waals surface area contributed by atoms with Crippen LogP contribution in [0.15, 0.2) is 18.2 Å². The van der Waals surface area contributed by atoms with Gasteiger partial charge in [-0.15, -0.1) is 12.4 Å². The number of benzene rings is 1. The van der Waals surface area contributed by atoms with Crippen LogP contribution >= 0.6 is 24.0 Å². The lowest BCUT2D eigenvalue weighted by Crippen LogP contribution is -2.33. The van der Waals surface area contributed by atoms with Crippen LogP contribution in [0.5, 0.6) is 0 Å². The molecule has 2 amide bonds. The first-order valence-electron chi connectivity index (χ1n) is 7.98. The second kappa shape index (κ2) is 9.25. The average molecular weight is 374 g/mol. The topological polar surface area (TPSA) is 61.4 Å². The molecule has 0 bridgehead atoms. The van der Waals surface area contributed by atoms with Crippen molar-refractivity contribution in [1.82, 2.24) is 10.2 Å². The molecule has 5 nitrogen and oxygen atoms in total. The molecule has 1 unspecified atom stereocenters. The van der Waals surface area contributed by atoms with Gasteiger partial charge in [0.2, 0.25) is 5.91 Å². The molecule has 0 aliphatic carbocycles. The largest absolute Gasteiger partial charge is 0.339 e. The van der Waals surface area contributed by atoms with Crippen molar-refractivity contribution < 1.29 is 9.59 Å². The van der Waals surface area contributed by atoms with Crippen molar-refractivity contribution in [2.45, 2.75) is 45.2 Å². The summed E-state index contributed by atoms with van der Waals surface area (Å²) in [6.45, 7) is 4.86. The number of hydrogen-bond donors (Lipinski definition) is 2. The fraction of sp³-hybridized carbons (Fsp3) is 0.529. The molecule has 1 aromatic rings. The lowest BCUT2D eigenvalue weighted by atomic mass is 10.1. The van der Waals surface area contributed by atoms with Gasteiger partial charge in [-0.3, -0.25) is 9.59 Å². The number of nitrogens with one attached hydrogen (secondary N) is 2. The quantitative estimate of drug-likeness (QED) is 0.831. The van der Waals surface area contributed by atoms with Crippen LogP contribution in [0.1, 0.15) is 43.5 Å². The molecule has 0 aromatic heterocycles. The predicted molar refractivity (Wildman–Crippen MR) is 100 cm³/mol. The Balaban J connectivity index is 0.00000288. The van der Waals surface area contributed by atoms with Crippen LogP contribution in [0.25, 0.3) is 0 Å². The summed E-state index contributed by atoms with van der Waals surface area (Å²) in [7, 11) is 1.76. The molecule has 1 aromatic carbocycles. The highest BCUT2D eigenvalue weighted by Gasteiger charge is 2.19. The number of nitrogens with zero attached hydrogens (tertiary/aromatic N) is 1. The van der Waals surface area contributed by atoms with Gasteiger partial charge in [-0.1, -0.05) is 11.6 Å². The monoisotopic (exact) mass is 373 g/mol. The lowest BCUT2D eigenvalue weighted by Gasteiger charge is -2.22. The third kappa shape index (κ3) is 5.36. The van der Waals surface area contributed by atoms with E-state index in [2.05, 4.69) is 10.6 Å². The van der Waals surface area contributed by atoms with Crippen LogP contribution in [0.2, 0.25) is 5.02 Å². The molecule has 0 radical (unpaired) electrons. The molecule has 1 fully saturated rings. The van der Waals surface area contributed by atoms with E-state index in [0.29, 0.717) is 22.7 Å². The second-order valence-electron chi connectivity index (χ2n) is 6.25. The SMILES string of the molecule is CC(C)N(C)C(=O)c1ccc(Cl)c(NC(=O)CC2CCCN2)c1.Cl. The molecule has 134 valence electrons. The number of anilines is 1. The third-order valence-electron chi connectivity index (χ3n) is 4.18. The first-order valence-corrected chi connectivity index (χ1v) is 8.36. The second-order valence-corrected chi connectivity index (χ2v) is 6.66. The van der Waals surface area contributed by atoms with Crippen LogP contribution in [0.4, 0.5) is 5.69 Å². The molecule has 0 spiro atoms. The van der Waals surface area contributed by atoms with Crippen LogP contribution in [-0.2, 0) is 4.79 Å². The van der Waals surface area contributed by atoms with Crippen LogP contribution in [0, 0.1) is 0 Å². The first kappa shape index (κ1) is 20.7. The Bertz CT molecular complexity index is 587. The summed E-state index contributed by atoms with van der Waals surface area (Å²) in [4.78, 5) is 26.2. The molecule has 24 heavy (non-hydrogen) atoms. The average Bonchev–Trinajstić information content (AvgIpc) is 3.00. The zero-order valence-electron chi connectivity index (χ0n) is 14.3. The molecule has 1 saturated heterocycles. The van der Waals surface area contributed by atoms with Gasteiger partial charge < -0.3 is 15.5 Å². The summed E-state index contributed by atoms with van der Waals surface area (Å²) < 4.78 is 0. The number of amides is 2. The number of rotatable bonds is 5. The Kier molecular flexibility index (Phi) is 8.00. The third-order valence-corrected chi connectivity index (χ3v) is 4.51. The molecule has 1 heterocycles. The highest BCUT2D eigenvalue weighted by molar-refractivity contribution is 6.33. The first-order chi connectivity index (χ1) is 10.9. The zero-order valence-corrected chi connectivity index (χ0v) is 15.8. The van der Waals surface area contributed by atoms with Gasteiger partial charge in [0.05, 0.1) is 10.7 Å². The molecular formula is C17H25Cl2N3O2. The maximum absolute atomic E-state index is 12.4. The minimum absolute atomic E-state index is 0.